The lowest BCUT2D eigenvalue weighted by Crippen LogP contribution is -2.30. The molecule has 0 aliphatic heterocycles. The standard InChI is InChI=1S/C18H21N3O5S/c1-3-20(4-2)27(25,26)16-11-9-15(10-12-16)19-18(22)13-14-7-5-6-8-17(14)21(23)24/h5-12H,3-4,13H2,1-2H3,(H,19,22). The topological polar surface area (TPSA) is 110 Å². The summed E-state index contributed by atoms with van der Waals surface area (Å²) in [4.78, 5) is 22.8. The SMILES string of the molecule is CCN(CC)S(=O)(=O)c1ccc(NC(=O)Cc2ccccc2[N+](=O)[O-])cc1. The Labute approximate surface area is 158 Å². The molecule has 0 aliphatic carbocycles. The molecule has 0 aliphatic rings. The quantitative estimate of drug-likeness (QED) is 0.550. The fourth-order valence-corrected chi connectivity index (χ4v) is 4.10. The second-order valence-corrected chi connectivity index (χ2v) is 7.66. The first-order valence-corrected chi connectivity index (χ1v) is 9.86. The lowest BCUT2D eigenvalue weighted by molar-refractivity contribution is -0.385. The van der Waals surface area contributed by atoms with Crippen molar-refractivity contribution < 1.29 is 18.1 Å². The first-order valence-electron chi connectivity index (χ1n) is 8.42. The van der Waals surface area contributed by atoms with Crippen molar-refractivity contribution in [2.75, 3.05) is 18.4 Å². The molecule has 0 heterocycles. The Balaban J connectivity index is 2.11. The zero-order chi connectivity index (χ0) is 20.0. The van der Waals surface area contributed by atoms with Crippen LogP contribution in [0.3, 0.4) is 0 Å². The molecule has 9 heteroatoms. The average Bonchev–Trinajstić information content (AvgIpc) is 2.63. The Hall–Kier alpha value is -2.78. The van der Waals surface area contributed by atoms with Crippen molar-refractivity contribution in [3.63, 3.8) is 0 Å². The molecule has 0 spiro atoms. The number of nitrogens with one attached hydrogen (secondary N) is 1. The Morgan fingerprint density at radius 3 is 2.22 bits per heavy atom. The minimum absolute atomic E-state index is 0.117. The molecular formula is C18H21N3O5S. The van der Waals surface area contributed by atoms with Gasteiger partial charge in [-0.15, -0.1) is 0 Å². The highest BCUT2D eigenvalue weighted by Gasteiger charge is 2.21. The van der Waals surface area contributed by atoms with E-state index in [-0.39, 0.29) is 17.0 Å². The molecule has 0 bridgehead atoms. The Bertz CT molecular complexity index is 922. The van der Waals surface area contributed by atoms with E-state index in [0.717, 1.165) is 0 Å². The number of nitro groups is 1. The number of benzene rings is 2. The van der Waals surface area contributed by atoms with Crippen LogP contribution in [-0.4, -0.2) is 36.6 Å². The van der Waals surface area contributed by atoms with E-state index in [9.17, 15) is 23.3 Å². The van der Waals surface area contributed by atoms with Crippen molar-refractivity contribution in [3.8, 4) is 0 Å². The van der Waals surface area contributed by atoms with Crippen molar-refractivity contribution in [1.29, 1.82) is 0 Å². The molecule has 8 nitrogen and oxygen atoms in total. The molecule has 0 saturated heterocycles. The van der Waals surface area contributed by atoms with Crippen LogP contribution in [0.5, 0.6) is 0 Å². The van der Waals surface area contributed by atoms with Gasteiger partial charge in [0.05, 0.1) is 16.2 Å². The highest BCUT2D eigenvalue weighted by Crippen LogP contribution is 2.20. The third-order valence-corrected chi connectivity index (χ3v) is 6.08. The monoisotopic (exact) mass is 391 g/mol. The van der Waals surface area contributed by atoms with Gasteiger partial charge in [0.25, 0.3) is 5.69 Å². The summed E-state index contributed by atoms with van der Waals surface area (Å²) in [5.74, 6) is -0.427. The molecule has 27 heavy (non-hydrogen) atoms. The zero-order valence-corrected chi connectivity index (χ0v) is 15.9. The lowest BCUT2D eigenvalue weighted by atomic mass is 10.1. The van der Waals surface area contributed by atoms with E-state index in [0.29, 0.717) is 24.3 Å². The molecule has 1 N–H and O–H groups in total. The van der Waals surface area contributed by atoms with Crippen LogP contribution in [0.4, 0.5) is 11.4 Å². The number of para-hydroxylation sites is 1. The smallest absolute Gasteiger partial charge is 0.273 e. The second-order valence-electron chi connectivity index (χ2n) is 5.72. The van der Waals surface area contributed by atoms with Gasteiger partial charge in [-0.2, -0.15) is 4.31 Å². The minimum Gasteiger partial charge on any atom is -0.326 e. The summed E-state index contributed by atoms with van der Waals surface area (Å²) >= 11 is 0. The summed E-state index contributed by atoms with van der Waals surface area (Å²) in [5, 5.41) is 13.6. The third-order valence-electron chi connectivity index (χ3n) is 4.02. The van der Waals surface area contributed by atoms with Crippen LogP contribution in [0.2, 0.25) is 0 Å². The van der Waals surface area contributed by atoms with Crippen molar-refractivity contribution in [2.45, 2.75) is 25.2 Å². The summed E-state index contributed by atoms with van der Waals surface area (Å²) in [6, 6.07) is 11.9. The molecule has 0 atom stereocenters. The van der Waals surface area contributed by atoms with Gasteiger partial charge < -0.3 is 5.32 Å². The van der Waals surface area contributed by atoms with Crippen LogP contribution in [0.1, 0.15) is 19.4 Å². The lowest BCUT2D eigenvalue weighted by Gasteiger charge is -2.18. The molecule has 0 radical (unpaired) electrons. The maximum atomic E-state index is 12.4. The third kappa shape index (κ3) is 4.89. The summed E-state index contributed by atoms with van der Waals surface area (Å²) in [5.41, 5.74) is 0.603. The molecule has 0 aromatic heterocycles. The van der Waals surface area contributed by atoms with Crippen molar-refractivity contribution in [2.24, 2.45) is 0 Å². The summed E-state index contributed by atoms with van der Waals surface area (Å²) in [6.45, 7) is 4.26. The first kappa shape index (κ1) is 20.5. The molecule has 2 aromatic carbocycles. The largest absolute Gasteiger partial charge is 0.326 e. The number of nitro benzene ring substituents is 1. The number of carbonyl (C=O) groups is 1. The predicted molar refractivity (Wildman–Crippen MR) is 102 cm³/mol. The molecule has 2 aromatic rings. The number of nitrogens with zero attached hydrogens (tertiary/aromatic N) is 2. The van der Waals surface area contributed by atoms with E-state index < -0.39 is 20.9 Å². The van der Waals surface area contributed by atoms with Crippen molar-refractivity contribution >= 4 is 27.3 Å². The van der Waals surface area contributed by atoms with E-state index in [2.05, 4.69) is 5.32 Å². The van der Waals surface area contributed by atoms with Crippen LogP contribution in [0.15, 0.2) is 53.4 Å². The predicted octanol–water partition coefficient (Wildman–Crippen LogP) is 2.81. The van der Waals surface area contributed by atoms with Crippen LogP contribution in [-0.2, 0) is 21.2 Å². The highest BCUT2D eigenvalue weighted by molar-refractivity contribution is 7.89. The minimum atomic E-state index is -3.56. The number of hydrogen-bond donors (Lipinski definition) is 1. The number of sulfonamides is 1. The average molecular weight is 391 g/mol. The summed E-state index contributed by atoms with van der Waals surface area (Å²) < 4.78 is 26.2. The first-order chi connectivity index (χ1) is 12.8. The molecule has 144 valence electrons. The molecular weight excluding hydrogens is 370 g/mol. The Kier molecular flexibility index (Phi) is 6.65. The number of carbonyl (C=O) groups excluding carboxylic acids is 1. The van der Waals surface area contributed by atoms with E-state index in [1.165, 1.54) is 46.8 Å². The van der Waals surface area contributed by atoms with Crippen LogP contribution in [0.25, 0.3) is 0 Å². The fraction of sp³-hybridized carbons (Fsp3) is 0.278. The number of hydrogen-bond acceptors (Lipinski definition) is 5. The Morgan fingerprint density at radius 1 is 1.07 bits per heavy atom. The van der Waals surface area contributed by atoms with Crippen molar-refractivity contribution in [3.05, 3.63) is 64.2 Å². The summed E-state index contributed by atoms with van der Waals surface area (Å²) in [7, 11) is -3.56. The number of rotatable bonds is 8. The van der Waals surface area contributed by atoms with Gasteiger partial charge in [0.15, 0.2) is 0 Å². The zero-order valence-electron chi connectivity index (χ0n) is 15.1. The maximum absolute atomic E-state index is 12.4. The molecule has 0 saturated carbocycles. The number of anilines is 1. The van der Waals surface area contributed by atoms with E-state index >= 15 is 0 Å². The molecule has 1 amide bonds. The number of amides is 1. The molecule has 0 unspecified atom stereocenters. The Morgan fingerprint density at radius 2 is 1.67 bits per heavy atom. The summed E-state index contributed by atoms with van der Waals surface area (Å²) in [6.07, 6.45) is -0.156. The van der Waals surface area contributed by atoms with Crippen LogP contribution < -0.4 is 5.32 Å². The van der Waals surface area contributed by atoms with Gasteiger partial charge >= 0.3 is 0 Å². The molecule has 2 rings (SSSR count). The highest BCUT2D eigenvalue weighted by atomic mass is 32.2. The maximum Gasteiger partial charge on any atom is 0.273 e. The van der Waals surface area contributed by atoms with E-state index in [4.69, 9.17) is 0 Å². The van der Waals surface area contributed by atoms with E-state index in [1.807, 2.05) is 0 Å². The van der Waals surface area contributed by atoms with Gasteiger partial charge in [-0.3, -0.25) is 14.9 Å². The van der Waals surface area contributed by atoms with Gasteiger partial charge in [0, 0.05) is 30.4 Å². The van der Waals surface area contributed by atoms with Gasteiger partial charge in [-0.25, -0.2) is 8.42 Å². The van der Waals surface area contributed by atoms with Gasteiger partial charge in [0.1, 0.15) is 0 Å². The van der Waals surface area contributed by atoms with Gasteiger partial charge in [0.2, 0.25) is 15.9 Å². The van der Waals surface area contributed by atoms with Crippen LogP contribution >= 0.6 is 0 Å². The van der Waals surface area contributed by atoms with Gasteiger partial charge in [-0.05, 0) is 24.3 Å². The fourth-order valence-electron chi connectivity index (χ4n) is 2.64. The normalized spacial score (nSPS) is 11.4. The van der Waals surface area contributed by atoms with Crippen molar-refractivity contribution in [1.82, 2.24) is 4.31 Å². The molecule has 0 fully saturated rings. The second kappa shape index (κ2) is 8.74. The van der Waals surface area contributed by atoms with Gasteiger partial charge in [-0.1, -0.05) is 32.0 Å². The van der Waals surface area contributed by atoms with E-state index in [1.54, 1.807) is 19.9 Å². The van der Waals surface area contributed by atoms with Crippen LogP contribution in [0, 0.1) is 10.1 Å².